The summed E-state index contributed by atoms with van der Waals surface area (Å²) in [5.74, 6) is -1.02. The molecule has 0 saturated heterocycles. The molecule has 1 rings (SSSR count). The number of carboxylic acid groups (broad SMARTS) is 1. The van der Waals surface area contributed by atoms with Crippen molar-refractivity contribution in [3.63, 3.8) is 0 Å². The third-order valence-electron chi connectivity index (χ3n) is 2.57. The largest absolute Gasteiger partial charge is 0.480 e. The van der Waals surface area contributed by atoms with Crippen molar-refractivity contribution in [3.8, 4) is 6.07 Å². The predicted octanol–water partition coefficient (Wildman–Crippen LogP) is 0.873. The molecule has 0 heterocycles. The Morgan fingerprint density at radius 1 is 1.47 bits per heavy atom. The average molecular weight is 282 g/mol. The maximum atomic E-state index is 11.4. The summed E-state index contributed by atoms with van der Waals surface area (Å²) in [6.07, 6.45) is 1.05. The standard InChI is InChI=1S/C12H14N2O4S/c1-3-14(8-12(15)16)11-5-4-10(19(2,17)18)6-9(11)7-13/h4-6H,3,8H2,1-2H3,(H,15,16). The third-order valence-corrected chi connectivity index (χ3v) is 3.68. The molecular weight excluding hydrogens is 268 g/mol. The molecule has 1 aromatic carbocycles. The Balaban J connectivity index is 3.30. The Morgan fingerprint density at radius 3 is 2.53 bits per heavy atom. The highest BCUT2D eigenvalue weighted by molar-refractivity contribution is 7.90. The number of hydrogen-bond acceptors (Lipinski definition) is 5. The van der Waals surface area contributed by atoms with Crippen LogP contribution in [0.25, 0.3) is 0 Å². The molecule has 0 atom stereocenters. The van der Waals surface area contributed by atoms with Crippen LogP contribution in [0.1, 0.15) is 12.5 Å². The summed E-state index contributed by atoms with van der Waals surface area (Å²) < 4.78 is 22.8. The van der Waals surface area contributed by atoms with Gasteiger partial charge in [-0.2, -0.15) is 5.26 Å². The van der Waals surface area contributed by atoms with E-state index in [0.29, 0.717) is 12.2 Å². The van der Waals surface area contributed by atoms with Crippen molar-refractivity contribution in [1.82, 2.24) is 0 Å². The number of carbonyl (C=O) groups is 1. The molecule has 0 aliphatic carbocycles. The van der Waals surface area contributed by atoms with Crippen molar-refractivity contribution in [2.75, 3.05) is 24.2 Å². The van der Waals surface area contributed by atoms with E-state index in [2.05, 4.69) is 0 Å². The zero-order valence-electron chi connectivity index (χ0n) is 10.6. The fraction of sp³-hybridized carbons (Fsp3) is 0.333. The van der Waals surface area contributed by atoms with Gasteiger partial charge in [0.15, 0.2) is 9.84 Å². The van der Waals surface area contributed by atoms with Crippen LogP contribution in [0.15, 0.2) is 23.1 Å². The van der Waals surface area contributed by atoms with Gasteiger partial charge in [-0.05, 0) is 25.1 Å². The van der Waals surface area contributed by atoms with Gasteiger partial charge in [-0.25, -0.2) is 8.42 Å². The van der Waals surface area contributed by atoms with Crippen LogP contribution < -0.4 is 4.90 Å². The molecule has 0 aliphatic rings. The number of sulfone groups is 1. The van der Waals surface area contributed by atoms with Crippen molar-refractivity contribution < 1.29 is 18.3 Å². The summed E-state index contributed by atoms with van der Waals surface area (Å²) >= 11 is 0. The topological polar surface area (TPSA) is 98.5 Å². The first-order valence-corrected chi connectivity index (χ1v) is 7.39. The first kappa shape index (κ1) is 15.0. The van der Waals surface area contributed by atoms with E-state index in [-0.39, 0.29) is 17.0 Å². The van der Waals surface area contributed by atoms with Crippen LogP contribution in [-0.2, 0) is 14.6 Å². The summed E-state index contributed by atoms with van der Waals surface area (Å²) in [6.45, 7) is 1.91. The Hall–Kier alpha value is -2.07. The summed E-state index contributed by atoms with van der Waals surface area (Å²) in [4.78, 5) is 12.3. The molecule has 1 aromatic rings. The van der Waals surface area contributed by atoms with Gasteiger partial charge in [-0.15, -0.1) is 0 Å². The van der Waals surface area contributed by atoms with E-state index in [0.717, 1.165) is 6.26 Å². The molecule has 0 fully saturated rings. The summed E-state index contributed by atoms with van der Waals surface area (Å²) in [5, 5.41) is 17.9. The van der Waals surface area contributed by atoms with Gasteiger partial charge in [0.2, 0.25) is 0 Å². The fourth-order valence-electron chi connectivity index (χ4n) is 1.64. The quantitative estimate of drug-likeness (QED) is 0.860. The predicted molar refractivity (Wildman–Crippen MR) is 69.8 cm³/mol. The van der Waals surface area contributed by atoms with Crippen molar-refractivity contribution in [3.05, 3.63) is 23.8 Å². The SMILES string of the molecule is CCN(CC(=O)O)c1ccc(S(C)(=O)=O)cc1C#N. The van der Waals surface area contributed by atoms with Crippen LogP contribution in [0.4, 0.5) is 5.69 Å². The normalized spacial score (nSPS) is 10.8. The van der Waals surface area contributed by atoms with Gasteiger partial charge in [-0.1, -0.05) is 0 Å². The number of rotatable bonds is 5. The van der Waals surface area contributed by atoms with Gasteiger partial charge >= 0.3 is 5.97 Å². The van der Waals surface area contributed by atoms with Gasteiger partial charge in [0, 0.05) is 12.8 Å². The van der Waals surface area contributed by atoms with E-state index >= 15 is 0 Å². The van der Waals surface area contributed by atoms with E-state index in [1.807, 2.05) is 6.07 Å². The number of benzene rings is 1. The van der Waals surface area contributed by atoms with Crippen molar-refractivity contribution in [2.24, 2.45) is 0 Å². The lowest BCUT2D eigenvalue weighted by molar-refractivity contribution is -0.135. The van der Waals surface area contributed by atoms with E-state index in [1.165, 1.54) is 23.1 Å². The van der Waals surface area contributed by atoms with Crippen LogP contribution in [0.5, 0.6) is 0 Å². The second-order valence-corrected chi connectivity index (χ2v) is 5.99. The van der Waals surface area contributed by atoms with E-state index in [9.17, 15) is 13.2 Å². The first-order valence-electron chi connectivity index (χ1n) is 5.50. The molecule has 0 aromatic heterocycles. The summed E-state index contributed by atoms with van der Waals surface area (Å²) in [6, 6.07) is 5.99. The molecule has 19 heavy (non-hydrogen) atoms. The smallest absolute Gasteiger partial charge is 0.323 e. The molecule has 0 radical (unpaired) electrons. The number of likely N-dealkylation sites (N-methyl/N-ethyl adjacent to an activating group) is 1. The Labute approximate surface area is 111 Å². The minimum absolute atomic E-state index is 0.0409. The molecule has 102 valence electrons. The number of hydrogen-bond donors (Lipinski definition) is 1. The monoisotopic (exact) mass is 282 g/mol. The molecule has 7 heteroatoms. The Morgan fingerprint density at radius 2 is 2.11 bits per heavy atom. The summed E-state index contributed by atoms with van der Waals surface area (Å²) in [7, 11) is -3.39. The van der Waals surface area contributed by atoms with Gasteiger partial charge < -0.3 is 10.0 Å². The van der Waals surface area contributed by atoms with E-state index in [1.54, 1.807) is 6.92 Å². The maximum Gasteiger partial charge on any atom is 0.323 e. The zero-order chi connectivity index (χ0) is 14.6. The lowest BCUT2D eigenvalue weighted by Gasteiger charge is -2.22. The molecule has 0 aliphatic heterocycles. The number of nitriles is 1. The Kier molecular flexibility index (Phi) is 4.51. The molecule has 1 N–H and O–H groups in total. The van der Waals surface area contributed by atoms with Gasteiger partial charge in [0.25, 0.3) is 0 Å². The molecule has 0 unspecified atom stereocenters. The number of anilines is 1. The fourth-order valence-corrected chi connectivity index (χ4v) is 2.29. The van der Waals surface area contributed by atoms with E-state index in [4.69, 9.17) is 10.4 Å². The minimum atomic E-state index is -3.39. The molecule has 0 amide bonds. The number of nitrogens with zero attached hydrogens (tertiary/aromatic N) is 2. The molecule has 0 bridgehead atoms. The lowest BCUT2D eigenvalue weighted by atomic mass is 10.1. The third kappa shape index (κ3) is 3.69. The maximum absolute atomic E-state index is 11.4. The van der Waals surface area contributed by atoms with Crippen molar-refractivity contribution in [1.29, 1.82) is 5.26 Å². The van der Waals surface area contributed by atoms with Crippen molar-refractivity contribution >= 4 is 21.5 Å². The van der Waals surface area contributed by atoms with Gasteiger partial charge in [0.1, 0.15) is 12.6 Å². The molecule has 0 saturated carbocycles. The highest BCUT2D eigenvalue weighted by Gasteiger charge is 2.16. The first-order chi connectivity index (χ1) is 8.79. The van der Waals surface area contributed by atoms with Crippen LogP contribution in [-0.4, -0.2) is 38.8 Å². The highest BCUT2D eigenvalue weighted by Crippen LogP contribution is 2.23. The Bertz CT molecular complexity index is 632. The van der Waals surface area contributed by atoms with Gasteiger partial charge in [-0.3, -0.25) is 4.79 Å². The molecular formula is C12H14N2O4S. The van der Waals surface area contributed by atoms with Crippen molar-refractivity contribution in [2.45, 2.75) is 11.8 Å². The molecule has 0 spiro atoms. The summed E-state index contributed by atoms with van der Waals surface area (Å²) in [5.41, 5.74) is 0.561. The van der Waals surface area contributed by atoms with Crippen LogP contribution in [0, 0.1) is 11.3 Å². The van der Waals surface area contributed by atoms with Gasteiger partial charge in [0.05, 0.1) is 16.1 Å². The second-order valence-electron chi connectivity index (χ2n) is 3.97. The van der Waals surface area contributed by atoms with E-state index < -0.39 is 15.8 Å². The van der Waals surface area contributed by atoms with Crippen LogP contribution in [0.2, 0.25) is 0 Å². The van der Waals surface area contributed by atoms with Crippen LogP contribution >= 0.6 is 0 Å². The van der Waals surface area contributed by atoms with Crippen LogP contribution in [0.3, 0.4) is 0 Å². The average Bonchev–Trinajstić information content (AvgIpc) is 2.33. The number of carboxylic acids is 1. The minimum Gasteiger partial charge on any atom is -0.480 e. The molecule has 6 nitrogen and oxygen atoms in total. The zero-order valence-corrected chi connectivity index (χ0v) is 11.4. The second kappa shape index (κ2) is 5.71. The highest BCUT2D eigenvalue weighted by atomic mass is 32.2. The lowest BCUT2D eigenvalue weighted by Crippen LogP contribution is -2.30. The number of aliphatic carboxylic acids is 1.